The lowest BCUT2D eigenvalue weighted by Crippen LogP contribution is -2.41. The maximum atomic E-state index is 13.0. The first-order valence-electron chi connectivity index (χ1n) is 8.61. The van der Waals surface area contributed by atoms with Crippen LogP contribution in [0.4, 0.5) is 10.1 Å². The zero-order chi connectivity index (χ0) is 19.4. The van der Waals surface area contributed by atoms with Gasteiger partial charge < -0.3 is 10.1 Å². The molecule has 2 aromatic carbocycles. The fraction of sp³-hybridized carbons (Fsp3) is 0.316. The van der Waals surface area contributed by atoms with E-state index in [-0.39, 0.29) is 29.8 Å². The molecule has 1 heterocycles. The summed E-state index contributed by atoms with van der Waals surface area (Å²) in [5.74, 6) is -0.243. The number of sulfonamides is 1. The van der Waals surface area contributed by atoms with Crippen LogP contribution >= 0.6 is 0 Å². The minimum atomic E-state index is -3.68. The molecule has 0 unspecified atom stereocenters. The molecule has 0 bridgehead atoms. The third-order valence-corrected chi connectivity index (χ3v) is 6.53. The number of halogens is 1. The number of nitrogens with zero attached hydrogens (tertiary/aromatic N) is 1. The third-order valence-electron chi connectivity index (χ3n) is 4.61. The van der Waals surface area contributed by atoms with Crippen LogP contribution in [0.5, 0.6) is 5.75 Å². The van der Waals surface area contributed by atoms with Gasteiger partial charge in [0.15, 0.2) is 0 Å². The lowest BCUT2D eigenvalue weighted by atomic mass is 9.97. The van der Waals surface area contributed by atoms with Crippen LogP contribution in [-0.4, -0.2) is 38.8 Å². The van der Waals surface area contributed by atoms with E-state index in [0.29, 0.717) is 24.3 Å². The van der Waals surface area contributed by atoms with Gasteiger partial charge in [-0.15, -0.1) is 0 Å². The van der Waals surface area contributed by atoms with Gasteiger partial charge in [0.25, 0.3) is 0 Å². The SMILES string of the molecule is COc1cccc(NC(=O)C2CCN(S(=O)(=O)c3ccc(F)cc3)CC2)c1. The van der Waals surface area contributed by atoms with E-state index in [0.717, 1.165) is 12.1 Å². The van der Waals surface area contributed by atoms with E-state index in [9.17, 15) is 17.6 Å². The number of hydrogen-bond donors (Lipinski definition) is 1. The van der Waals surface area contributed by atoms with Gasteiger partial charge in [-0.3, -0.25) is 4.79 Å². The Morgan fingerprint density at radius 2 is 1.81 bits per heavy atom. The lowest BCUT2D eigenvalue weighted by molar-refractivity contribution is -0.120. The Labute approximate surface area is 158 Å². The maximum absolute atomic E-state index is 13.0. The molecule has 1 saturated heterocycles. The average molecular weight is 392 g/mol. The molecule has 0 atom stereocenters. The number of hydrogen-bond acceptors (Lipinski definition) is 4. The smallest absolute Gasteiger partial charge is 0.243 e. The van der Waals surface area contributed by atoms with E-state index in [1.165, 1.54) is 16.4 Å². The summed E-state index contributed by atoms with van der Waals surface area (Å²) in [6.07, 6.45) is 0.854. The quantitative estimate of drug-likeness (QED) is 0.849. The highest BCUT2D eigenvalue weighted by Gasteiger charge is 2.32. The lowest BCUT2D eigenvalue weighted by Gasteiger charge is -2.30. The van der Waals surface area contributed by atoms with Crippen molar-refractivity contribution in [2.45, 2.75) is 17.7 Å². The second-order valence-electron chi connectivity index (χ2n) is 6.35. The van der Waals surface area contributed by atoms with E-state index >= 15 is 0 Å². The first kappa shape index (κ1) is 19.3. The molecule has 144 valence electrons. The fourth-order valence-electron chi connectivity index (χ4n) is 3.06. The van der Waals surface area contributed by atoms with Gasteiger partial charge in [0, 0.05) is 30.8 Å². The van der Waals surface area contributed by atoms with Crippen LogP contribution in [0.2, 0.25) is 0 Å². The Kier molecular flexibility index (Phi) is 5.76. The first-order chi connectivity index (χ1) is 12.9. The van der Waals surface area contributed by atoms with Crippen LogP contribution in [0.15, 0.2) is 53.4 Å². The monoisotopic (exact) mass is 392 g/mol. The second kappa shape index (κ2) is 8.06. The second-order valence-corrected chi connectivity index (χ2v) is 8.29. The molecule has 1 aliphatic heterocycles. The summed E-state index contributed by atoms with van der Waals surface area (Å²) in [6, 6.07) is 11.8. The van der Waals surface area contributed by atoms with E-state index < -0.39 is 15.8 Å². The van der Waals surface area contributed by atoms with Crippen molar-refractivity contribution in [3.63, 3.8) is 0 Å². The highest BCUT2D eigenvalue weighted by Crippen LogP contribution is 2.25. The number of nitrogens with one attached hydrogen (secondary N) is 1. The maximum Gasteiger partial charge on any atom is 0.243 e. The van der Waals surface area contributed by atoms with Crippen molar-refractivity contribution in [3.8, 4) is 5.75 Å². The Morgan fingerprint density at radius 1 is 1.15 bits per heavy atom. The topological polar surface area (TPSA) is 75.7 Å². The molecule has 0 saturated carbocycles. The van der Waals surface area contributed by atoms with Crippen LogP contribution in [-0.2, 0) is 14.8 Å². The van der Waals surface area contributed by atoms with Gasteiger partial charge in [-0.25, -0.2) is 12.8 Å². The molecule has 0 radical (unpaired) electrons. The van der Waals surface area contributed by atoms with Crippen molar-refractivity contribution in [2.75, 3.05) is 25.5 Å². The summed E-state index contributed by atoms with van der Waals surface area (Å²) >= 11 is 0. The van der Waals surface area contributed by atoms with Crippen LogP contribution in [0.25, 0.3) is 0 Å². The van der Waals surface area contributed by atoms with Crippen LogP contribution in [0, 0.1) is 11.7 Å². The molecule has 27 heavy (non-hydrogen) atoms. The summed E-state index contributed by atoms with van der Waals surface area (Å²) in [6.45, 7) is 0.492. The molecule has 0 aliphatic carbocycles. The van der Waals surface area contributed by atoms with E-state index in [1.54, 1.807) is 31.4 Å². The molecular formula is C19H21FN2O4S. The normalized spacial score (nSPS) is 16.1. The minimum absolute atomic E-state index is 0.0585. The number of carbonyl (C=O) groups excluding carboxylic acids is 1. The van der Waals surface area contributed by atoms with Crippen LogP contribution < -0.4 is 10.1 Å². The Morgan fingerprint density at radius 3 is 2.44 bits per heavy atom. The van der Waals surface area contributed by atoms with Gasteiger partial charge in [0.2, 0.25) is 15.9 Å². The molecule has 0 spiro atoms. The van der Waals surface area contributed by atoms with E-state index in [1.807, 2.05) is 0 Å². The third kappa shape index (κ3) is 4.45. The summed E-state index contributed by atoms with van der Waals surface area (Å²) in [5, 5.41) is 2.85. The predicted octanol–water partition coefficient (Wildman–Crippen LogP) is 2.87. The molecular weight excluding hydrogens is 371 g/mol. The number of amides is 1. The molecule has 6 nitrogen and oxygen atoms in total. The van der Waals surface area contributed by atoms with Gasteiger partial charge in [0.1, 0.15) is 11.6 Å². The van der Waals surface area contributed by atoms with Crippen molar-refractivity contribution in [1.82, 2.24) is 4.31 Å². The number of rotatable bonds is 5. The first-order valence-corrected chi connectivity index (χ1v) is 10.0. The Balaban J connectivity index is 1.61. The van der Waals surface area contributed by atoms with E-state index in [2.05, 4.69) is 5.32 Å². The molecule has 1 fully saturated rings. The summed E-state index contributed by atoms with van der Waals surface area (Å²) < 4.78 is 44.8. The Bertz CT molecular complexity index is 908. The Hall–Kier alpha value is -2.45. The molecule has 1 amide bonds. The standard InChI is InChI=1S/C19H21FN2O4S/c1-26-17-4-2-3-16(13-17)21-19(23)14-9-11-22(12-10-14)27(24,25)18-7-5-15(20)6-8-18/h2-8,13-14H,9-12H2,1H3,(H,21,23). The van der Waals surface area contributed by atoms with Gasteiger partial charge in [0.05, 0.1) is 12.0 Å². The number of ether oxygens (including phenoxy) is 1. The fourth-order valence-corrected chi connectivity index (χ4v) is 4.53. The van der Waals surface area contributed by atoms with Crippen molar-refractivity contribution in [2.24, 2.45) is 5.92 Å². The van der Waals surface area contributed by atoms with Crippen LogP contribution in [0.1, 0.15) is 12.8 Å². The van der Waals surface area contributed by atoms with Gasteiger partial charge in [-0.05, 0) is 49.2 Å². The summed E-state index contributed by atoms with van der Waals surface area (Å²) in [4.78, 5) is 12.5. The van der Waals surface area contributed by atoms with Crippen molar-refractivity contribution in [1.29, 1.82) is 0 Å². The number of carbonyl (C=O) groups is 1. The highest BCUT2D eigenvalue weighted by atomic mass is 32.2. The van der Waals surface area contributed by atoms with Crippen molar-refractivity contribution < 1.29 is 22.3 Å². The van der Waals surface area contributed by atoms with Gasteiger partial charge in [-0.2, -0.15) is 4.31 Å². The number of anilines is 1. The highest BCUT2D eigenvalue weighted by molar-refractivity contribution is 7.89. The molecule has 2 aromatic rings. The molecule has 1 N–H and O–H groups in total. The van der Waals surface area contributed by atoms with E-state index in [4.69, 9.17) is 4.74 Å². The minimum Gasteiger partial charge on any atom is -0.497 e. The molecule has 1 aliphatic rings. The number of methoxy groups -OCH3 is 1. The van der Waals surface area contributed by atoms with Crippen molar-refractivity contribution >= 4 is 21.6 Å². The largest absolute Gasteiger partial charge is 0.497 e. The number of piperidine rings is 1. The van der Waals surface area contributed by atoms with Crippen molar-refractivity contribution in [3.05, 3.63) is 54.3 Å². The van der Waals surface area contributed by atoms with Gasteiger partial charge >= 0.3 is 0 Å². The van der Waals surface area contributed by atoms with Crippen LogP contribution in [0.3, 0.4) is 0 Å². The van der Waals surface area contributed by atoms with Gasteiger partial charge in [-0.1, -0.05) is 6.07 Å². The molecule has 8 heteroatoms. The summed E-state index contributed by atoms with van der Waals surface area (Å²) in [5.41, 5.74) is 0.640. The zero-order valence-corrected chi connectivity index (χ0v) is 15.7. The number of benzene rings is 2. The molecule has 3 rings (SSSR count). The summed E-state index contributed by atoms with van der Waals surface area (Å²) in [7, 11) is -2.12. The predicted molar refractivity (Wildman–Crippen MR) is 99.5 cm³/mol. The molecule has 0 aromatic heterocycles. The average Bonchev–Trinajstić information content (AvgIpc) is 2.68. The zero-order valence-electron chi connectivity index (χ0n) is 14.9.